The maximum absolute atomic E-state index is 11.3. The van der Waals surface area contributed by atoms with Crippen LogP contribution in [0.5, 0.6) is 0 Å². The molecule has 1 aliphatic rings. The van der Waals surface area contributed by atoms with Gasteiger partial charge in [-0.2, -0.15) is 0 Å². The second-order valence-corrected chi connectivity index (χ2v) is 5.74. The van der Waals surface area contributed by atoms with Gasteiger partial charge in [-0.25, -0.2) is 0 Å². The standard InChI is InChI=1S/C15H29NO2/c1-2-3-4-5-6-7-8-9-10-15(14(17)18)11-12-16-13-15/h16H,2-13H2,1H3,(H,17,18). The lowest BCUT2D eigenvalue weighted by molar-refractivity contribution is -0.148. The Morgan fingerprint density at radius 3 is 2.22 bits per heavy atom. The van der Waals surface area contributed by atoms with E-state index in [2.05, 4.69) is 12.2 Å². The quantitative estimate of drug-likeness (QED) is 0.587. The van der Waals surface area contributed by atoms with E-state index in [9.17, 15) is 9.90 Å². The summed E-state index contributed by atoms with van der Waals surface area (Å²) in [5.74, 6) is -0.601. The number of carbonyl (C=O) groups is 1. The van der Waals surface area contributed by atoms with Crippen molar-refractivity contribution >= 4 is 5.97 Å². The molecule has 3 heteroatoms. The Balaban J connectivity index is 2.04. The van der Waals surface area contributed by atoms with Crippen molar-refractivity contribution in [3.8, 4) is 0 Å². The molecule has 106 valence electrons. The van der Waals surface area contributed by atoms with Crippen molar-refractivity contribution in [2.75, 3.05) is 13.1 Å². The van der Waals surface area contributed by atoms with E-state index >= 15 is 0 Å². The summed E-state index contributed by atoms with van der Waals surface area (Å²) in [4.78, 5) is 11.3. The lowest BCUT2D eigenvalue weighted by Gasteiger charge is -2.22. The molecule has 0 saturated carbocycles. The third-order valence-corrected chi connectivity index (χ3v) is 4.21. The molecule has 0 radical (unpaired) electrons. The van der Waals surface area contributed by atoms with Gasteiger partial charge in [0.15, 0.2) is 0 Å². The van der Waals surface area contributed by atoms with Crippen molar-refractivity contribution in [3.63, 3.8) is 0 Å². The van der Waals surface area contributed by atoms with Crippen LogP contribution in [0.15, 0.2) is 0 Å². The number of rotatable bonds is 10. The molecule has 1 rings (SSSR count). The number of unbranched alkanes of at least 4 members (excludes halogenated alkanes) is 7. The Morgan fingerprint density at radius 1 is 1.11 bits per heavy atom. The first-order chi connectivity index (χ1) is 8.71. The first-order valence-corrected chi connectivity index (χ1v) is 7.65. The minimum absolute atomic E-state index is 0.456. The summed E-state index contributed by atoms with van der Waals surface area (Å²) in [7, 11) is 0. The van der Waals surface area contributed by atoms with Gasteiger partial charge in [-0.1, -0.05) is 58.3 Å². The Morgan fingerprint density at radius 2 is 1.72 bits per heavy atom. The lowest BCUT2D eigenvalue weighted by atomic mass is 9.82. The summed E-state index contributed by atoms with van der Waals surface area (Å²) >= 11 is 0. The zero-order valence-corrected chi connectivity index (χ0v) is 11.8. The Bertz CT molecular complexity index is 235. The van der Waals surface area contributed by atoms with Gasteiger partial charge in [-0.05, 0) is 19.4 Å². The van der Waals surface area contributed by atoms with Gasteiger partial charge < -0.3 is 10.4 Å². The predicted octanol–water partition coefficient (Wildman–Crippen LogP) is 3.58. The van der Waals surface area contributed by atoms with E-state index in [0.717, 1.165) is 25.8 Å². The predicted molar refractivity (Wildman–Crippen MR) is 74.8 cm³/mol. The Labute approximate surface area is 111 Å². The van der Waals surface area contributed by atoms with Crippen LogP contribution < -0.4 is 5.32 Å². The molecule has 0 aliphatic carbocycles. The number of carboxylic acid groups (broad SMARTS) is 1. The smallest absolute Gasteiger partial charge is 0.310 e. The minimum Gasteiger partial charge on any atom is -0.481 e. The largest absolute Gasteiger partial charge is 0.481 e. The Kier molecular flexibility index (Phi) is 7.33. The van der Waals surface area contributed by atoms with Crippen LogP contribution in [-0.2, 0) is 4.79 Å². The summed E-state index contributed by atoms with van der Waals surface area (Å²) in [6, 6.07) is 0. The van der Waals surface area contributed by atoms with E-state index in [4.69, 9.17) is 0 Å². The van der Waals surface area contributed by atoms with E-state index in [1.165, 1.54) is 44.9 Å². The van der Waals surface area contributed by atoms with Gasteiger partial charge in [-0.3, -0.25) is 4.79 Å². The van der Waals surface area contributed by atoms with Gasteiger partial charge in [0, 0.05) is 6.54 Å². The molecule has 1 heterocycles. The van der Waals surface area contributed by atoms with Crippen LogP contribution >= 0.6 is 0 Å². The number of hydrogen-bond acceptors (Lipinski definition) is 2. The fraction of sp³-hybridized carbons (Fsp3) is 0.933. The van der Waals surface area contributed by atoms with Gasteiger partial charge in [0.05, 0.1) is 5.41 Å². The highest BCUT2D eigenvalue weighted by Crippen LogP contribution is 2.32. The zero-order chi connectivity index (χ0) is 13.3. The third kappa shape index (κ3) is 4.97. The van der Waals surface area contributed by atoms with Crippen molar-refractivity contribution in [1.29, 1.82) is 0 Å². The van der Waals surface area contributed by atoms with Crippen molar-refractivity contribution in [2.24, 2.45) is 5.41 Å². The van der Waals surface area contributed by atoms with Crippen LogP contribution in [0, 0.1) is 5.41 Å². The molecule has 1 fully saturated rings. The van der Waals surface area contributed by atoms with Crippen LogP contribution in [0.25, 0.3) is 0 Å². The van der Waals surface area contributed by atoms with E-state index in [-0.39, 0.29) is 0 Å². The topological polar surface area (TPSA) is 49.3 Å². The fourth-order valence-corrected chi connectivity index (χ4v) is 2.84. The minimum atomic E-state index is -0.601. The first kappa shape index (κ1) is 15.5. The highest BCUT2D eigenvalue weighted by molar-refractivity contribution is 5.75. The number of hydrogen-bond donors (Lipinski definition) is 2. The van der Waals surface area contributed by atoms with Crippen molar-refractivity contribution < 1.29 is 9.90 Å². The van der Waals surface area contributed by atoms with Crippen LogP contribution in [0.3, 0.4) is 0 Å². The van der Waals surface area contributed by atoms with Crippen molar-refractivity contribution in [1.82, 2.24) is 5.32 Å². The average Bonchev–Trinajstić information content (AvgIpc) is 2.83. The van der Waals surface area contributed by atoms with Crippen molar-refractivity contribution in [3.05, 3.63) is 0 Å². The molecule has 18 heavy (non-hydrogen) atoms. The molecule has 1 saturated heterocycles. The molecule has 0 amide bonds. The van der Waals surface area contributed by atoms with Gasteiger partial charge in [0.2, 0.25) is 0 Å². The van der Waals surface area contributed by atoms with E-state index in [0.29, 0.717) is 6.54 Å². The normalized spacial score (nSPS) is 23.4. The van der Waals surface area contributed by atoms with Crippen LogP contribution in [0.4, 0.5) is 0 Å². The maximum Gasteiger partial charge on any atom is 0.310 e. The second kappa shape index (κ2) is 8.52. The summed E-state index contributed by atoms with van der Waals surface area (Å²) in [5.41, 5.74) is -0.456. The molecule has 0 aromatic carbocycles. The van der Waals surface area contributed by atoms with Gasteiger partial charge in [0.25, 0.3) is 0 Å². The van der Waals surface area contributed by atoms with Crippen LogP contribution in [-0.4, -0.2) is 24.2 Å². The summed E-state index contributed by atoms with van der Waals surface area (Å²) in [6.07, 6.45) is 11.9. The van der Waals surface area contributed by atoms with Gasteiger partial charge in [-0.15, -0.1) is 0 Å². The fourth-order valence-electron chi connectivity index (χ4n) is 2.84. The highest BCUT2D eigenvalue weighted by Gasteiger charge is 2.40. The molecule has 3 nitrogen and oxygen atoms in total. The molecule has 0 aromatic heterocycles. The van der Waals surface area contributed by atoms with E-state index < -0.39 is 11.4 Å². The molecule has 1 aliphatic heterocycles. The first-order valence-electron chi connectivity index (χ1n) is 7.65. The summed E-state index contributed by atoms with van der Waals surface area (Å²) in [6.45, 7) is 3.77. The van der Waals surface area contributed by atoms with Crippen molar-refractivity contribution in [2.45, 2.75) is 71.1 Å². The Hall–Kier alpha value is -0.570. The van der Waals surface area contributed by atoms with Gasteiger partial charge >= 0.3 is 5.97 Å². The van der Waals surface area contributed by atoms with Crippen LogP contribution in [0.1, 0.15) is 71.1 Å². The average molecular weight is 255 g/mol. The molecular weight excluding hydrogens is 226 g/mol. The molecule has 0 spiro atoms. The molecule has 0 aromatic rings. The second-order valence-electron chi connectivity index (χ2n) is 5.74. The summed E-state index contributed by atoms with van der Waals surface area (Å²) in [5, 5.41) is 12.5. The number of aliphatic carboxylic acids is 1. The molecule has 1 atom stereocenters. The number of nitrogens with one attached hydrogen (secondary N) is 1. The lowest BCUT2D eigenvalue weighted by Crippen LogP contribution is -2.33. The van der Waals surface area contributed by atoms with E-state index in [1.807, 2.05) is 0 Å². The number of carboxylic acids is 1. The zero-order valence-electron chi connectivity index (χ0n) is 11.8. The molecular formula is C15H29NO2. The highest BCUT2D eigenvalue weighted by atomic mass is 16.4. The van der Waals surface area contributed by atoms with Gasteiger partial charge in [0.1, 0.15) is 0 Å². The van der Waals surface area contributed by atoms with Crippen LogP contribution in [0.2, 0.25) is 0 Å². The van der Waals surface area contributed by atoms with E-state index in [1.54, 1.807) is 0 Å². The third-order valence-electron chi connectivity index (χ3n) is 4.21. The molecule has 2 N–H and O–H groups in total. The molecule has 0 bridgehead atoms. The SMILES string of the molecule is CCCCCCCCCCC1(C(=O)O)CCNC1. The summed E-state index contributed by atoms with van der Waals surface area (Å²) < 4.78 is 0. The molecule has 1 unspecified atom stereocenters. The maximum atomic E-state index is 11.3. The monoisotopic (exact) mass is 255 g/mol.